The molecule has 1 heterocycles. The predicted octanol–water partition coefficient (Wildman–Crippen LogP) is 0.922. The topological polar surface area (TPSA) is 74.0 Å². The standard InChI is InChI=1S/C10H14ClN3O2/c1-6(3-9(15)12-2)14-10(16)8-4-7(11)5-13-8/h4-6,13H,3H2,1-2H3,(H,12,15)(H,14,16). The first-order valence-corrected chi connectivity index (χ1v) is 5.26. The number of rotatable bonds is 4. The third-order valence-corrected chi connectivity index (χ3v) is 2.26. The number of H-pyrrole nitrogens is 1. The average Bonchev–Trinajstić information content (AvgIpc) is 2.64. The summed E-state index contributed by atoms with van der Waals surface area (Å²) < 4.78 is 0. The molecule has 0 saturated heterocycles. The van der Waals surface area contributed by atoms with Gasteiger partial charge >= 0.3 is 0 Å². The largest absolute Gasteiger partial charge is 0.359 e. The molecular formula is C10H14ClN3O2. The van der Waals surface area contributed by atoms with Crippen LogP contribution >= 0.6 is 11.6 Å². The molecule has 1 rings (SSSR count). The van der Waals surface area contributed by atoms with Crippen LogP contribution in [0.2, 0.25) is 5.02 Å². The number of carbonyl (C=O) groups excluding carboxylic acids is 2. The molecule has 1 aromatic rings. The fourth-order valence-electron chi connectivity index (χ4n) is 1.23. The van der Waals surface area contributed by atoms with Crippen LogP contribution in [-0.2, 0) is 4.79 Å². The molecule has 0 aromatic carbocycles. The van der Waals surface area contributed by atoms with Crippen molar-refractivity contribution in [3.63, 3.8) is 0 Å². The Morgan fingerprint density at radius 3 is 2.75 bits per heavy atom. The molecule has 1 aromatic heterocycles. The third-order valence-electron chi connectivity index (χ3n) is 2.04. The van der Waals surface area contributed by atoms with Gasteiger partial charge in [0.2, 0.25) is 5.91 Å². The van der Waals surface area contributed by atoms with E-state index in [1.807, 2.05) is 0 Å². The molecule has 0 aliphatic rings. The van der Waals surface area contributed by atoms with Crippen molar-refractivity contribution in [2.45, 2.75) is 19.4 Å². The van der Waals surface area contributed by atoms with Gasteiger partial charge in [-0.2, -0.15) is 0 Å². The van der Waals surface area contributed by atoms with Gasteiger partial charge in [0.05, 0.1) is 5.02 Å². The van der Waals surface area contributed by atoms with Crippen molar-refractivity contribution in [3.8, 4) is 0 Å². The van der Waals surface area contributed by atoms with Crippen molar-refractivity contribution in [1.29, 1.82) is 0 Å². The van der Waals surface area contributed by atoms with Crippen molar-refractivity contribution in [3.05, 3.63) is 23.0 Å². The first-order valence-electron chi connectivity index (χ1n) is 4.88. The van der Waals surface area contributed by atoms with Gasteiger partial charge in [0.15, 0.2) is 0 Å². The molecule has 0 aliphatic carbocycles. The number of halogens is 1. The second-order valence-electron chi connectivity index (χ2n) is 3.48. The maximum absolute atomic E-state index is 11.6. The predicted molar refractivity (Wildman–Crippen MR) is 61.4 cm³/mol. The van der Waals surface area contributed by atoms with Gasteiger partial charge < -0.3 is 15.6 Å². The number of aromatic nitrogens is 1. The van der Waals surface area contributed by atoms with Gasteiger partial charge in [-0.05, 0) is 13.0 Å². The quantitative estimate of drug-likeness (QED) is 0.736. The molecule has 16 heavy (non-hydrogen) atoms. The van der Waals surface area contributed by atoms with E-state index >= 15 is 0 Å². The van der Waals surface area contributed by atoms with Gasteiger partial charge in [-0.3, -0.25) is 9.59 Å². The van der Waals surface area contributed by atoms with E-state index in [1.165, 1.54) is 12.3 Å². The van der Waals surface area contributed by atoms with E-state index in [1.54, 1.807) is 14.0 Å². The molecule has 0 aliphatic heterocycles. The van der Waals surface area contributed by atoms with E-state index < -0.39 is 0 Å². The van der Waals surface area contributed by atoms with Gasteiger partial charge in [0.1, 0.15) is 5.69 Å². The Kier molecular flexibility index (Phi) is 4.37. The Hall–Kier alpha value is -1.49. The van der Waals surface area contributed by atoms with E-state index in [4.69, 9.17) is 11.6 Å². The molecule has 1 atom stereocenters. The van der Waals surface area contributed by atoms with E-state index in [0.29, 0.717) is 10.7 Å². The monoisotopic (exact) mass is 243 g/mol. The van der Waals surface area contributed by atoms with Gasteiger partial charge in [-0.25, -0.2) is 0 Å². The third kappa shape index (κ3) is 3.58. The van der Waals surface area contributed by atoms with Gasteiger partial charge in [-0.15, -0.1) is 0 Å². The highest BCUT2D eigenvalue weighted by molar-refractivity contribution is 6.30. The minimum Gasteiger partial charge on any atom is -0.359 e. The molecule has 6 heteroatoms. The Balaban J connectivity index is 2.48. The minimum absolute atomic E-state index is 0.114. The minimum atomic E-state index is -0.275. The van der Waals surface area contributed by atoms with Crippen LogP contribution in [0.5, 0.6) is 0 Å². The molecule has 1 unspecified atom stereocenters. The number of aromatic amines is 1. The SMILES string of the molecule is CNC(=O)CC(C)NC(=O)c1cc(Cl)c[nH]1. The first kappa shape index (κ1) is 12.6. The lowest BCUT2D eigenvalue weighted by Crippen LogP contribution is -2.36. The molecule has 0 fully saturated rings. The molecular weight excluding hydrogens is 230 g/mol. The normalized spacial score (nSPS) is 11.9. The van der Waals surface area contributed by atoms with Crippen LogP contribution in [0.3, 0.4) is 0 Å². The molecule has 0 spiro atoms. The van der Waals surface area contributed by atoms with Gasteiger partial charge in [0.25, 0.3) is 5.91 Å². The Morgan fingerprint density at radius 2 is 2.25 bits per heavy atom. The van der Waals surface area contributed by atoms with Crippen LogP contribution < -0.4 is 10.6 Å². The van der Waals surface area contributed by atoms with Gasteiger partial charge in [0, 0.05) is 25.7 Å². The summed E-state index contributed by atoms with van der Waals surface area (Å²) in [6.45, 7) is 1.76. The lowest BCUT2D eigenvalue weighted by molar-refractivity contribution is -0.120. The second kappa shape index (κ2) is 5.55. The van der Waals surface area contributed by atoms with E-state index in [-0.39, 0.29) is 24.3 Å². The number of hydrogen-bond acceptors (Lipinski definition) is 2. The number of hydrogen-bond donors (Lipinski definition) is 3. The zero-order valence-electron chi connectivity index (χ0n) is 9.13. The number of amides is 2. The van der Waals surface area contributed by atoms with Crippen LogP contribution in [0, 0.1) is 0 Å². The maximum atomic E-state index is 11.6. The Bertz CT molecular complexity index is 389. The summed E-state index contributed by atoms with van der Waals surface area (Å²) in [6, 6.07) is 1.30. The maximum Gasteiger partial charge on any atom is 0.267 e. The summed E-state index contributed by atoms with van der Waals surface area (Å²) in [5.41, 5.74) is 0.383. The molecule has 5 nitrogen and oxygen atoms in total. The summed E-state index contributed by atoms with van der Waals surface area (Å²) in [4.78, 5) is 25.4. The fourth-order valence-corrected chi connectivity index (χ4v) is 1.40. The molecule has 0 bridgehead atoms. The van der Waals surface area contributed by atoms with Crippen LogP contribution in [0.4, 0.5) is 0 Å². The van der Waals surface area contributed by atoms with E-state index in [2.05, 4.69) is 15.6 Å². The zero-order chi connectivity index (χ0) is 12.1. The molecule has 2 amide bonds. The lowest BCUT2D eigenvalue weighted by Gasteiger charge is -2.11. The lowest BCUT2D eigenvalue weighted by atomic mass is 10.2. The molecule has 88 valence electrons. The summed E-state index contributed by atoms with van der Waals surface area (Å²) in [5.74, 6) is -0.388. The molecule has 0 saturated carbocycles. The summed E-state index contributed by atoms with van der Waals surface area (Å²) >= 11 is 5.67. The van der Waals surface area contributed by atoms with E-state index in [0.717, 1.165) is 0 Å². The zero-order valence-corrected chi connectivity index (χ0v) is 9.89. The van der Waals surface area contributed by atoms with Crippen molar-refractivity contribution < 1.29 is 9.59 Å². The smallest absolute Gasteiger partial charge is 0.267 e. The summed E-state index contributed by atoms with van der Waals surface area (Å²) in [7, 11) is 1.56. The van der Waals surface area contributed by atoms with Crippen LogP contribution in [0.15, 0.2) is 12.3 Å². The van der Waals surface area contributed by atoms with Gasteiger partial charge in [-0.1, -0.05) is 11.6 Å². The fraction of sp³-hybridized carbons (Fsp3) is 0.400. The van der Waals surface area contributed by atoms with Crippen LogP contribution in [-0.4, -0.2) is 29.9 Å². The van der Waals surface area contributed by atoms with Crippen molar-refractivity contribution in [1.82, 2.24) is 15.6 Å². The summed E-state index contributed by atoms with van der Waals surface area (Å²) in [6.07, 6.45) is 1.77. The van der Waals surface area contributed by atoms with Crippen molar-refractivity contribution >= 4 is 23.4 Å². The van der Waals surface area contributed by atoms with Crippen LogP contribution in [0.1, 0.15) is 23.8 Å². The number of carbonyl (C=O) groups is 2. The Labute approximate surface area is 98.6 Å². The molecule has 3 N–H and O–H groups in total. The number of nitrogens with one attached hydrogen (secondary N) is 3. The molecule has 0 radical (unpaired) electrons. The van der Waals surface area contributed by atoms with Crippen molar-refractivity contribution in [2.24, 2.45) is 0 Å². The first-order chi connectivity index (χ1) is 7.52. The van der Waals surface area contributed by atoms with E-state index in [9.17, 15) is 9.59 Å². The second-order valence-corrected chi connectivity index (χ2v) is 3.92. The highest BCUT2D eigenvalue weighted by Gasteiger charge is 2.13. The highest BCUT2D eigenvalue weighted by Crippen LogP contribution is 2.09. The highest BCUT2D eigenvalue weighted by atomic mass is 35.5. The van der Waals surface area contributed by atoms with Crippen molar-refractivity contribution in [2.75, 3.05) is 7.05 Å². The Morgan fingerprint density at radius 1 is 1.56 bits per heavy atom. The summed E-state index contributed by atoms with van der Waals surface area (Å²) in [5, 5.41) is 5.65. The van der Waals surface area contributed by atoms with Crippen LogP contribution in [0.25, 0.3) is 0 Å². The average molecular weight is 244 g/mol.